The van der Waals surface area contributed by atoms with Crippen molar-refractivity contribution in [2.24, 2.45) is 0 Å². The van der Waals surface area contributed by atoms with E-state index in [1.165, 1.54) is 29.4 Å². The average Bonchev–Trinajstić information content (AvgIpc) is 2.77. The second kappa shape index (κ2) is 5.42. The van der Waals surface area contributed by atoms with Gasteiger partial charge in [-0.25, -0.2) is 14.8 Å². The first-order valence-corrected chi connectivity index (χ1v) is 7.77. The first kappa shape index (κ1) is 14.0. The number of carbonyl (C=O) groups is 1. The third-order valence-electron chi connectivity index (χ3n) is 2.97. The van der Waals surface area contributed by atoms with Gasteiger partial charge in [-0.2, -0.15) is 0 Å². The van der Waals surface area contributed by atoms with Crippen LogP contribution in [-0.2, 0) is 0 Å². The van der Waals surface area contributed by atoms with Gasteiger partial charge in [0.2, 0.25) is 0 Å². The average molecular weight is 317 g/mol. The van der Waals surface area contributed by atoms with Gasteiger partial charge in [0, 0.05) is 22.2 Å². The Balaban J connectivity index is 2.12. The van der Waals surface area contributed by atoms with E-state index in [1.54, 1.807) is 13.1 Å². The molecule has 0 atom stereocenters. The number of carboxylic acids is 1. The molecule has 0 unspecified atom stereocenters. The van der Waals surface area contributed by atoms with Crippen molar-refractivity contribution in [3.63, 3.8) is 0 Å². The summed E-state index contributed by atoms with van der Waals surface area (Å²) in [6, 6.07) is 3.88. The van der Waals surface area contributed by atoms with Gasteiger partial charge >= 0.3 is 5.97 Å². The zero-order valence-corrected chi connectivity index (χ0v) is 13.0. The van der Waals surface area contributed by atoms with Crippen molar-refractivity contribution in [1.82, 2.24) is 15.0 Å². The maximum absolute atomic E-state index is 11.3. The van der Waals surface area contributed by atoms with E-state index < -0.39 is 5.97 Å². The summed E-state index contributed by atoms with van der Waals surface area (Å²) in [5.41, 5.74) is 1.65. The molecule has 3 heterocycles. The van der Waals surface area contributed by atoms with Crippen LogP contribution in [-0.4, -0.2) is 26.0 Å². The van der Waals surface area contributed by atoms with Crippen molar-refractivity contribution in [1.29, 1.82) is 0 Å². The van der Waals surface area contributed by atoms with E-state index in [0.29, 0.717) is 9.71 Å². The van der Waals surface area contributed by atoms with Crippen LogP contribution in [0.5, 0.6) is 0 Å². The van der Waals surface area contributed by atoms with Gasteiger partial charge in [-0.3, -0.25) is 4.98 Å². The number of hydrogen-bond acceptors (Lipinski definition) is 6. The number of aryl methyl sites for hydroxylation is 2. The molecule has 0 aliphatic heterocycles. The summed E-state index contributed by atoms with van der Waals surface area (Å²) in [6.45, 7) is 3.73. The Hall–Kier alpha value is -1.99. The summed E-state index contributed by atoms with van der Waals surface area (Å²) in [6.07, 6.45) is 3.22. The molecule has 0 aliphatic carbocycles. The van der Waals surface area contributed by atoms with E-state index in [4.69, 9.17) is 0 Å². The molecule has 0 bridgehead atoms. The Kier molecular flexibility index (Phi) is 3.60. The lowest BCUT2D eigenvalue weighted by Gasteiger charge is -2.03. The molecule has 21 heavy (non-hydrogen) atoms. The number of aromatic carboxylic acids is 1. The van der Waals surface area contributed by atoms with Gasteiger partial charge in [0.05, 0.1) is 0 Å². The highest BCUT2D eigenvalue weighted by Crippen LogP contribution is 2.37. The molecule has 0 aromatic carbocycles. The van der Waals surface area contributed by atoms with Crippen LogP contribution in [0.4, 0.5) is 0 Å². The number of fused-ring (bicyclic) bond motifs is 1. The molecular weight excluding hydrogens is 306 g/mol. The number of hydrogen-bond donors (Lipinski definition) is 1. The fourth-order valence-corrected chi connectivity index (χ4v) is 4.10. The lowest BCUT2D eigenvalue weighted by molar-refractivity contribution is 0.0701. The van der Waals surface area contributed by atoms with E-state index in [2.05, 4.69) is 15.0 Å². The van der Waals surface area contributed by atoms with Crippen molar-refractivity contribution in [2.45, 2.75) is 23.8 Å². The van der Waals surface area contributed by atoms with Crippen LogP contribution in [0.25, 0.3) is 10.2 Å². The van der Waals surface area contributed by atoms with Gasteiger partial charge in [-0.05, 0) is 31.5 Å². The lowest BCUT2D eigenvalue weighted by Crippen LogP contribution is -1.94. The highest BCUT2D eigenvalue weighted by Gasteiger charge is 2.19. The van der Waals surface area contributed by atoms with Gasteiger partial charge in [-0.15, -0.1) is 11.3 Å². The summed E-state index contributed by atoms with van der Waals surface area (Å²) < 4.78 is 0. The third-order valence-corrected chi connectivity index (χ3v) is 5.15. The van der Waals surface area contributed by atoms with Crippen molar-refractivity contribution in [3.05, 3.63) is 40.8 Å². The Morgan fingerprint density at radius 3 is 2.81 bits per heavy atom. The van der Waals surface area contributed by atoms with E-state index in [9.17, 15) is 9.90 Å². The summed E-state index contributed by atoms with van der Waals surface area (Å²) in [7, 11) is 0. The Labute approximate surface area is 129 Å². The standard InChI is InChI=1S/C14H11N3O2S2/c1-7-5-9(3-4-15-7)20-12-10-8(2)11(14(18)19)21-13(10)17-6-16-12/h3-6H,1-2H3,(H,18,19). The second-order valence-electron chi connectivity index (χ2n) is 4.46. The maximum atomic E-state index is 11.3. The minimum atomic E-state index is -0.925. The lowest BCUT2D eigenvalue weighted by atomic mass is 10.2. The Morgan fingerprint density at radius 2 is 2.10 bits per heavy atom. The van der Waals surface area contributed by atoms with E-state index in [1.807, 2.05) is 19.1 Å². The van der Waals surface area contributed by atoms with Gasteiger partial charge in [0.15, 0.2) is 0 Å². The number of carboxylic acid groups (broad SMARTS) is 1. The zero-order chi connectivity index (χ0) is 15.0. The monoisotopic (exact) mass is 317 g/mol. The number of rotatable bonds is 3. The van der Waals surface area contributed by atoms with Crippen LogP contribution in [0, 0.1) is 13.8 Å². The molecule has 3 rings (SSSR count). The minimum absolute atomic E-state index is 0.318. The van der Waals surface area contributed by atoms with Crippen LogP contribution < -0.4 is 0 Å². The summed E-state index contributed by atoms with van der Waals surface area (Å²) in [4.78, 5) is 26.0. The first-order chi connectivity index (χ1) is 10.1. The normalized spacial score (nSPS) is 11.0. The molecule has 1 N–H and O–H groups in total. The topological polar surface area (TPSA) is 76.0 Å². The molecule has 0 spiro atoms. The molecule has 0 amide bonds. The number of nitrogens with zero attached hydrogens (tertiary/aromatic N) is 3. The SMILES string of the molecule is Cc1cc(Sc2ncnc3sc(C(=O)O)c(C)c23)ccn1. The van der Waals surface area contributed by atoms with Crippen molar-refractivity contribution in [3.8, 4) is 0 Å². The molecular formula is C14H11N3O2S2. The molecule has 0 aliphatic rings. The summed E-state index contributed by atoms with van der Waals surface area (Å²) in [5, 5.41) is 10.8. The molecule has 3 aromatic heterocycles. The van der Waals surface area contributed by atoms with Crippen molar-refractivity contribution in [2.75, 3.05) is 0 Å². The molecule has 7 heteroatoms. The molecule has 0 radical (unpaired) electrons. The number of pyridine rings is 1. The molecule has 5 nitrogen and oxygen atoms in total. The Morgan fingerprint density at radius 1 is 1.29 bits per heavy atom. The molecule has 0 saturated carbocycles. The quantitative estimate of drug-likeness (QED) is 0.744. The minimum Gasteiger partial charge on any atom is -0.477 e. The van der Waals surface area contributed by atoms with Crippen LogP contribution in [0.2, 0.25) is 0 Å². The highest BCUT2D eigenvalue weighted by atomic mass is 32.2. The van der Waals surface area contributed by atoms with Gasteiger partial charge in [-0.1, -0.05) is 11.8 Å². The van der Waals surface area contributed by atoms with E-state index in [0.717, 1.165) is 26.6 Å². The largest absolute Gasteiger partial charge is 0.477 e. The van der Waals surface area contributed by atoms with Gasteiger partial charge < -0.3 is 5.11 Å². The van der Waals surface area contributed by atoms with Crippen LogP contribution >= 0.6 is 23.1 Å². The number of thiophene rings is 1. The molecule has 3 aromatic rings. The molecule has 106 valence electrons. The van der Waals surface area contributed by atoms with E-state index in [-0.39, 0.29) is 0 Å². The number of aromatic nitrogens is 3. The van der Waals surface area contributed by atoms with Crippen LogP contribution in [0.3, 0.4) is 0 Å². The van der Waals surface area contributed by atoms with Crippen LogP contribution in [0.1, 0.15) is 20.9 Å². The van der Waals surface area contributed by atoms with Gasteiger partial charge in [0.25, 0.3) is 0 Å². The predicted molar refractivity (Wildman–Crippen MR) is 82.2 cm³/mol. The van der Waals surface area contributed by atoms with Crippen molar-refractivity contribution >= 4 is 39.3 Å². The first-order valence-electron chi connectivity index (χ1n) is 6.14. The zero-order valence-electron chi connectivity index (χ0n) is 11.3. The fourth-order valence-electron chi connectivity index (χ4n) is 2.02. The highest BCUT2D eigenvalue weighted by molar-refractivity contribution is 7.99. The molecule has 0 fully saturated rings. The predicted octanol–water partition coefficient (Wildman–Crippen LogP) is 3.55. The van der Waals surface area contributed by atoms with Gasteiger partial charge in [0.1, 0.15) is 21.1 Å². The summed E-state index contributed by atoms with van der Waals surface area (Å²) in [5.74, 6) is -0.925. The van der Waals surface area contributed by atoms with Crippen molar-refractivity contribution < 1.29 is 9.90 Å². The second-order valence-corrected chi connectivity index (χ2v) is 6.52. The van der Waals surface area contributed by atoms with E-state index >= 15 is 0 Å². The smallest absolute Gasteiger partial charge is 0.346 e. The Bertz CT molecular complexity index is 845. The fraction of sp³-hybridized carbons (Fsp3) is 0.143. The molecule has 0 saturated heterocycles. The third kappa shape index (κ3) is 2.62. The summed E-state index contributed by atoms with van der Waals surface area (Å²) >= 11 is 2.68. The maximum Gasteiger partial charge on any atom is 0.346 e. The van der Waals surface area contributed by atoms with Crippen LogP contribution in [0.15, 0.2) is 34.6 Å².